The minimum Gasteiger partial charge on any atom is -0.497 e. The molecule has 3 aromatic carbocycles. The molecule has 0 aliphatic heterocycles. The number of nitrogens with one attached hydrogen (secondary N) is 2. The zero-order valence-corrected chi connectivity index (χ0v) is 21.5. The number of amides is 1. The van der Waals surface area contributed by atoms with Crippen molar-refractivity contribution in [3.8, 4) is 16.9 Å². The number of carbonyl (C=O) groups excluding carboxylic acids is 1. The van der Waals surface area contributed by atoms with E-state index in [2.05, 4.69) is 56.6 Å². The standard InChI is InChI=1S/C30H26BrN3O2/c1-36-24-13-14-27-26(18-24)22(19-33-27)17-29(35)34-28(16-20-6-3-2-4-7-20)30-25(8-5-15-32-30)21-9-11-23(31)12-10-21/h2-15,18-19,28,33H,16-17H2,1H3,(H,34,35). The Bertz CT molecular complexity index is 1480. The van der Waals surface area contributed by atoms with Crippen LogP contribution in [-0.2, 0) is 17.6 Å². The van der Waals surface area contributed by atoms with Crippen LogP contribution in [-0.4, -0.2) is 23.0 Å². The Balaban J connectivity index is 1.46. The lowest BCUT2D eigenvalue weighted by atomic mass is 9.95. The van der Waals surface area contributed by atoms with Crippen LogP contribution in [0.25, 0.3) is 22.0 Å². The van der Waals surface area contributed by atoms with Crippen LogP contribution < -0.4 is 10.1 Å². The zero-order chi connectivity index (χ0) is 24.9. The van der Waals surface area contributed by atoms with Gasteiger partial charge in [-0.1, -0.05) is 64.5 Å². The van der Waals surface area contributed by atoms with Crippen molar-refractivity contribution in [1.82, 2.24) is 15.3 Å². The number of hydrogen-bond acceptors (Lipinski definition) is 3. The van der Waals surface area contributed by atoms with Gasteiger partial charge in [0.1, 0.15) is 5.75 Å². The molecule has 180 valence electrons. The topological polar surface area (TPSA) is 67.0 Å². The molecule has 0 spiro atoms. The summed E-state index contributed by atoms with van der Waals surface area (Å²) >= 11 is 3.51. The first-order valence-electron chi connectivity index (χ1n) is 11.8. The van der Waals surface area contributed by atoms with Gasteiger partial charge in [-0.15, -0.1) is 0 Å². The van der Waals surface area contributed by atoms with E-state index in [9.17, 15) is 4.79 Å². The Morgan fingerprint density at radius 2 is 1.83 bits per heavy atom. The van der Waals surface area contributed by atoms with Crippen molar-refractivity contribution in [2.45, 2.75) is 18.9 Å². The van der Waals surface area contributed by atoms with E-state index in [0.29, 0.717) is 6.42 Å². The molecule has 1 amide bonds. The van der Waals surface area contributed by atoms with Gasteiger partial charge in [-0.05, 0) is 59.5 Å². The molecule has 1 atom stereocenters. The third-order valence-electron chi connectivity index (χ3n) is 6.27. The van der Waals surface area contributed by atoms with Crippen molar-refractivity contribution >= 4 is 32.7 Å². The lowest BCUT2D eigenvalue weighted by Gasteiger charge is -2.21. The summed E-state index contributed by atoms with van der Waals surface area (Å²) in [4.78, 5) is 21.4. The first-order chi connectivity index (χ1) is 17.6. The molecule has 5 rings (SSSR count). The van der Waals surface area contributed by atoms with Gasteiger partial charge in [-0.25, -0.2) is 0 Å². The minimum atomic E-state index is -0.292. The Labute approximate surface area is 218 Å². The Hall–Kier alpha value is -3.90. The van der Waals surface area contributed by atoms with Gasteiger partial charge < -0.3 is 15.0 Å². The summed E-state index contributed by atoms with van der Waals surface area (Å²) in [5.41, 5.74) is 5.93. The van der Waals surface area contributed by atoms with Crippen LogP contribution in [0.15, 0.2) is 102 Å². The van der Waals surface area contributed by atoms with Gasteiger partial charge >= 0.3 is 0 Å². The maximum absolute atomic E-state index is 13.4. The number of halogens is 1. The molecular formula is C30H26BrN3O2. The first kappa shape index (κ1) is 23.8. The normalized spacial score (nSPS) is 11.8. The molecule has 2 aromatic heterocycles. The van der Waals surface area contributed by atoms with E-state index in [-0.39, 0.29) is 18.4 Å². The highest BCUT2D eigenvalue weighted by molar-refractivity contribution is 9.10. The molecule has 0 aliphatic rings. The number of aromatic amines is 1. The van der Waals surface area contributed by atoms with E-state index in [0.717, 1.165) is 49.1 Å². The van der Waals surface area contributed by atoms with Crippen molar-refractivity contribution in [2.24, 2.45) is 0 Å². The summed E-state index contributed by atoms with van der Waals surface area (Å²) in [6, 6.07) is 27.9. The van der Waals surface area contributed by atoms with Gasteiger partial charge in [0.2, 0.25) is 5.91 Å². The number of methoxy groups -OCH3 is 1. The van der Waals surface area contributed by atoms with Crippen LogP contribution in [0.5, 0.6) is 5.75 Å². The summed E-state index contributed by atoms with van der Waals surface area (Å²) < 4.78 is 6.39. The van der Waals surface area contributed by atoms with Crippen molar-refractivity contribution in [1.29, 1.82) is 0 Å². The minimum absolute atomic E-state index is 0.0629. The van der Waals surface area contributed by atoms with Crippen LogP contribution >= 0.6 is 15.9 Å². The Morgan fingerprint density at radius 3 is 2.61 bits per heavy atom. The van der Waals surface area contributed by atoms with Crippen LogP contribution in [0, 0.1) is 0 Å². The average Bonchev–Trinajstić information content (AvgIpc) is 3.31. The molecule has 5 nitrogen and oxygen atoms in total. The number of benzene rings is 3. The average molecular weight is 540 g/mol. The molecule has 0 bridgehead atoms. The largest absolute Gasteiger partial charge is 0.497 e. The molecule has 36 heavy (non-hydrogen) atoms. The molecule has 0 aliphatic carbocycles. The number of rotatable bonds is 8. The van der Waals surface area contributed by atoms with Crippen molar-refractivity contribution < 1.29 is 9.53 Å². The summed E-state index contributed by atoms with van der Waals surface area (Å²) in [5, 5.41) is 4.26. The van der Waals surface area contributed by atoms with Gasteiger partial charge in [0, 0.05) is 33.3 Å². The Morgan fingerprint density at radius 1 is 1.03 bits per heavy atom. The Kier molecular flexibility index (Phi) is 7.14. The van der Waals surface area contributed by atoms with Crippen LogP contribution in [0.3, 0.4) is 0 Å². The fourth-order valence-electron chi connectivity index (χ4n) is 4.48. The molecule has 0 saturated heterocycles. The van der Waals surface area contributed by atoms with Gasteiger partial charge in [0.05, 0.1) is 25.3 Å². The summed E-state index contributed by atoms with van der Waals surface area (Å²) in [6.07, 6.45) is 4.56. The maximum Gasteiger partial charge on any atom is 0.225 e. The number of fused-ring (bicyclic) bond motifs is 1. The molecule has 6 heteroatoms. The van der Waals surface area contributed by atoms with E-state index in [4.69, 9.17) is 9.72 Å². The van der Waals surface area contributed by atoms with E-state index in [1.807, 2.05) is 60.8 Å². The van der Waals surface area contributed by atoms with Crippen LogP contribution in [0.4, 0.5) is 0 Å². The summed E-state index contributed by atoms with van der Waals surface area (Å²) in [6.45, 7) is 0. The molecule has 0 radical (unpaired) electrons. The van der Waals surface area contributed by atoms with Gasteiger partial charge in [0.25, 0.3) is 0 Å². The van der Waals surface area contributed by atoms with Crippen molar-refractivity contribution in [2.75, 3.05) is 7.11 Å². The van der Waals surface area contributed by atoms with Gasteiger partial charge in [0.15, 0.2) is 0 Å². The van der Waals surface area contributed by atoms with Crippen LogP contribution in [0.2, 0.25) is 0 Å². The fourth-order valence-corrected chi connectivity index (χ4v) is 4.75. The van der Waals surface area contributed by atoms with Crippen LogP contribution in [0.1, 0.15) is 22.9 Å². The van der Waals surface area contributed by atoms with Gasteiger partial charge in [-0.2, -0.15) is 0 Å². The monoisotopic (exact) mass is 539 g/mol. The van der Waals surface area contributed by atoms with E-state index >= 15 is 0 Å². The molecular weight excluding hydrogens is 514 g/mol. The second-order valence-electron chi connectivity index (χ2n) is 8.66. The fraction of sp³-hybridized carbons (Fsp3) is 0.133. The second kappa shape index (κ2) is 10.8. The predicted octanol–water partition coefficient (Wildman–Crippen LogP) is 6.64. The quantitative estimate of drug-likeness (QED) is 0.232. The van der Waals surface area contributed by atoms with Crippen molar-refractivity contribution in [3.05, 3.63) is 119 Å². The number of H-pyrrole nitrogens is 1. The van der Waals surface area contributed by atoms with E-state index < -0.39 is 0 Å². The summed E-state index contributed by atoms with van der Waals surface area (Å²) in [5.74, 6) is 0.699. The molecule has 5 aromatic rings. The van der Waals surface area contributed by atoms with Gasteiger partial charge in [-0.3, -0.25) is 9.78 Å². The highest BCUT2D eigenvalue weighted by Crippen LogP contribution is 2.30. The third kappa shape index (κ3) is 5.34. The molecule has 0 saturated carbocycles. The highest BCUT2D eigenvalue weighted by Gasteiger charge is 2.21. The van der Waals surface area contributed by atoms with Crippen molar-refractivity contribution in [3.63, 3.8) is 0 Å². The highest BCUT2D eigenvalue weighted by atomic mass is 79.9. The maximum atomic E-state index is 13.4. The molecule has 2 heterocycles. The SMILES string of the molecule is COc1ccc2[nH]cc(CC(=O)NC(Cc3ccccc3)c3ncccc3-c3ccc(Br)cc3)c2c1. The number of pyridine rings is 1. The lowest BCUT2D eigenvalue weighted by Crippen LogP contribution is -2.32. The number of hydrogen-bond donors (Lipinski definition) is 2. The third-order valence-corrected chi connectivity index (χ3v) is 6.80. The van der Waals surface area contributed by atoms with E-state index in [1.165, 1.54) is 0 Å². The smallest absolute Gasteiger partial charge is 0.225 e. The molecule has 0 fully saturated rings. The number of carbonyl (C=O) groups is 1. The molecule has 2 N–H and O–H groups in total. The summed E-state index contributed by atoms with van der Waals surface area (Å²) in [7, 11) is 1.64. The second-order valence-corrected chi connectivity index (χ2v) is 9.57. The number of aromatic nitrogens is 2. The number of ether oxygens (including phenoxy) is 1. The number of nitrogens with zero attached hydrogens (tertiary/aromatic N) is 1. The molecule has 1 unspecified atom stereocenters. The van der Waals surface area contributed by atoms with E-state index in [1.54, 1.807) is 13.3 Å². The predicted molar refractivity (Wildman–Crippen MR) is 147 cm³/mol. The lowest BCUT2D eigenvalue weighted by molar-refractivity contribution is -0.121. The first-order valence-corrected chi connectivity index (χ1v) is 12.6. The zero-order valence-electron chi connectivity index (χ0n) is 19.9.